The quantitative estimate of drug-likeness (QED) is 0.593. The van der Waals surface area contributed by atoms with E-state index in [9.17, 15) is 0 Å². The van der Waals surface area contributed by atoms with Crippen molar-refractivity contribution in [1.82, 2.24) is 0 Å². The lowest BCUT2D eigenvalue weighted by molar-refractivity contribution is 1.49. The third kappa shape index (κ3) is 1.26. The predicted octanol–water partition coefficient (Wildman–Crippen LogP) is 3.08. The number of nitrogen functional groups attached to an aromatic ring is 1. The smallest absolute Gasteiger partial charge is 0.0998 e. The standard InChI is InChI=1S/C10H8N2S2/c1-13-8-5-14-10-7(12)3-2-6(4-11)9(8)10/h2-3,5H,12H2,1H3. The minimum absolute atomic E-state index is 0.708. The van der Waals surface area contributed by atoms with Crippen molar-refractivity contribution in [2.75, 3.05) is 12.0 Å². The van der Waals surface area contributed by atoms with Gasteiger partial charge in [0.15, 0.2) is 0 Å². The number of anilines is 1. The fourth-order valence-electron chi connectivity index (χ4n) is 1.39. The Labute approximate surface area is 90.3 Å². The van der Waals surface area contributed by atoms with Crippen molar-refractivity contribution in [2.45, 2.75) is 4.90 Å². The maximum absolute atomic E-state index is 8.97. The molecule has 2 nitrogen and oxygen atoms in total. The van der Waals surface area contributed by atoms with Gasteiger partial charge in [0, 0.05) is 21.3 Å². The Morgan fingerprint density at radius 3 is 2.93 bits per heavy atom. The van der Waals surface area contributed by atoms with Gasteiger partial charge in [0.2, 0.25) is 0 Å². The number of nitriles is 1. The molecule has 14 heavy (non-hydrogen) atoms. The largest absolute Gasteiger partial charge is 0.398 e. The molecule has 0 amide bonds. The molecule has 0 radical (unpaired) electrons. The van der Waals surface area contributed by atoms with Gasteiger partial charge in [-0.05, 0) is 18.4 Å². The second-order valence-corrected chi connectivity index (χ2v) is 4.55. The number of fused-ring (bicyclic) bond motifs is 1. The summed E-state index contributed by atoms with van der Waals surface area (Å²) in [7, 11) is 0. The molecule has 0 fully saturated rings. The number of rotatable bonds is 1. The van der Waals surface area contributed by atoms with E-state index in [0.717, 1.165) is 20.7 Å². The monoisotopic (exact) mass is 220 g/mol. The van der Waals surface area contributed by atoms with Gasteiger partial charge in [-0.2, -0.15) is 5.26 Å². The van der Waals surface area contributed by atoms with E-state index in [-0.39, 0.29) is 0 Å². The number of thiophene rings is 1. The summed E-state index contributed by atoms with van der Waals surface area (Å²) in [5.74, 6) is 0. The van der Waals surface area contributed by atoms with E-state index in [1.54, 1.807) is 35.2 Å². The van der Waals surface area contributed by atoms with Gasteiger partial charge < -0.3 is 5.73 Å². The van der Waals surface area contributed by atoms with Crippen molar-refractivity contribution in [2.24, 2.45) is 0 Å². The zero-order valence-electron chi connectivity index (χ0n) is 7.57. The normalized spacial score (nSPS) is 10.3. The van der Waals surface area contributed by atoms with Crippen molar-refractivity contribution in [3.8, 4) is 6.07 Å². The van der Waals surface area contributed by atoms with Crippen LogP contribution in [0.2, 0.25) is 0 Å². The molecule has 0 saturated heterocycles. The Bertz CT molecular complexity index is 523. The van der Waals surface area contributed by atoms with Crippen molar-refractivity contribution < 1.29 is 0 Å². The molecule has 0 saturated carbocycles. The Morgan fingerprint density at radius 1 is 1.50 bits per heavy atom. The average molecular weight is 220 g/mol. The van der Waals surface area contributed by atoms with Crippen LogP contribution in [-0.2, 0) is 0 Å². The van der Waals surface area contributed by atoms with E-state index in [1.807, 2.05) is 11.6 Å². The van der Waals surface area contributed by atoms with Crippen LogP contribution in [0.4, 0.5) is 5.69 Å². The van der Waals surface area contributed by atoms with Gasteiger partial charge in [-0.15, -0.1) is 23.1 Å². The Balaban J connectivity index is 2.90. The first-order valence-electron chi connectivity index (χ1n) is 4.01. The summed E-state index contributed by atoms with van der Waals surface area (Å²) in [5, 5.41) is 12.0. The van der Waals surface area contributed by atoms with Crippen molar-refractivity contribution in [3.63, 3.8) is 0 Å². The number of hydrogen-bond acceptors (Lipinski definition) is 4. The number of nitrogens with two attached hydrogens (primary N) is 1. The van der Waals surface area contributed by atoms with E-state index in [4.69, 9.17) is 11.0 Å². The molecule has 1 heterocycles. The lowest BCUT2D eigenvalue weighted by Crippen LogP contribution is -1.86. The van der Waals surface area contributed by atoms with E-state index in [0.29, 0.717) is 5.56 Å². The van der Waals surface area contributed by atoms with Gasteiger partial charge in [-0.3, -0.25) is 0 Å². The maximum Gasteiger partial charge on any atom is 0.0998 e. The zero-order valence-corrected chi connectivity index (χ0v) is 9.21. The topological polar surface area (TPSA) is 49.8 Å². The summed E-state index contributed by atoms with van der Waals surface area (Å²) in [4.78, 5) is 1.13. The van der Waals surface area contributed by atoms with Crippen molar-refractivity contribution >= 4 is 38.9 Å². The van der Waals surface area contributed by atoms with E-state index in [1.165, 1.54) is 0 Å². The number of nitrogens with zero attached hydrogens (tertiary/aromatic N) is 1. The van der Waals surface area contributed by atoms with Crippen molar-refractivity contribution in [3.05, 3.63) is 23.1 Å². The molecule has 2 N–H and O–H groups in total. The first-order chi connectivity index (χ1) is 6.77. The first-order valence-corrected chi connectivity index (χ1v) is 6.12. The highest BCUT2D eigenvalue weighted by Gasteiger charge is 2.10. The molecule has 0 bridgehead atoms. The molecule has 4 heteroatoms. The summed E-state index contributed by atoms with van der Waals surface area (Å²) in [6.45, 7) is 0. The molecule has 70 valence electrons. The SMILES string of the molecule is CSc1csc2c(N)ccc(C#N)c12. The van der Waals surface area contributed by atoms with Gasteiger partial charge in [0.05, 0.1) is 16.3 Å². The summed E-state index contributed by atoms with van der Waals surface area (Å²) >= 11 is 3.24. The summed E-state index contributed by atoms with van der Waals surface area (Å²) in [6, 6.07) is 5.77. The Morgan fingerprint density at radius 2 is 2.29 bits per heavy atom. The summed E-state index contributed by atoms with van der Waals surface area (Å²) in [5.41, 5.74) is 7.30. The van der Waals surface area contributed by atoms with Gasteiger partial charge in [0.1, 0.15) is 0 Å². The molecule has 0 aliphatic heterocycles. The summed E-state index contributed by atoms with van der Waals surface area (Å²) in [6.07, 6.45) is 2.01. The zero-order chi connectivity index (χ0) is 10.1. The molecule has 0 unspecified atom stereocenters. The minimum atomic E-state index is 0.708. The van der Waals surface area contributed by atoms with Gasteiger partial charge in [-0.1, -0.05) is 0 Å². The molecular weight excluding hydrogens is 212 g/mol. The molecule has 0 aliphatic rings. The van der Waals surface area contributed by atoms with Crippen LogP contribution >= 0.6 is 23.1 Å². The van der Waals surface area contributed by atoms with Crippen LogP contribution in [0.25, 0.3) is 10.1 Å². The number of hydrogen-bond donors (Lipinski definition) is 1. The Hall–Kier alpha value is -1.18. The van der Waals surface area contributed by atoms with Gasteiger partial charge >= 0.3 is 0 Å². The first kappa shape index (κ1) is 9.38. The highest BCUT2D eigenvalue weighted by molar-refractivity contribution is 7.99. The molecule has 0 spiro atoms. The fourth-order valence-corrected chi connectivity index (χ4v) is 3.28. The minimum Gasteiger partial charge on any atom is -0.398 e. The van der Waals surface area contributed by atoms with Gasteiger partial charge in [-0.25, -0.2) is 0 Å². The van der Waals surface area contributed by atoms with E-state index < -0.39 is 0 Å². The van der Waals surface area contributed by atoms with Crippen LogP contribution < -0.4 is 5.73 Å². The fraction of sp³-hybridized carbons (Fsp3) is 0.100. The van der Waals surface area contributed by atoms with Crippen LogP contribution in [0.5, 0.6) is 0 Å². The Kier molecular flexibility index (Phi) is 2.36. The number of benzene rings is 1. The third-order valence-corrected chi connectivity index (χ3v) is 4.00. The number of thioether (sulfide) groups is 1. The van der Waals surface area contributed by atoms with Crippen molar-refractivity contribution in [1.29, 1.82) is 5.26 Å². The highest BCUT2D eigenvalue weighted by Crippen LogP contribution is 2.37. The van der Waals surface area contributed by atoms with Crippen LogP contribution in [0.3, 0.4) is 0 Å². The van der Waals surface area contributed by atoms with Crippen LogP contribution in [0.1, 0.15) is 5.56 Å². The second kappa shape index (κ2) is 3.52. The molecule has 1 aromatic carbocycles. The molecule has 2 aromatic rings. The maximum atomic E-state index is 8.97. The van der Waals surface area contributed by atoms with E-state index in [2.05, 4.69) is 6.07 Å². The molecule has 1 aromatic heterocycles. The van der Waals surface area contributed by atoms with Crippen LogP contribution in [0.15, 0.2) is 22.4 Å². The summed E-state index contributed by atoms with van der Waals surface area (Å²) < 4.78 is 1.02. The van der Waals surface area contributed by atoms with E-state index >= 15 is 0 Å². The lowest BCUT2D eigenvalue weighted by Gasteiger charge is -1.99. The van der Waals surface area contributed by atoms with Crippen LogP contribution in [-0.4, -0.2) is 6.26 Å². The molecule has 2 rings (SSSR count). The lowest BCUT2D eigenvalue weighted by atomic mass is 10.1. The highest BCUT2D eigenvalue weighted by atomic mass is 32.2. The molecule has 0 aliphatic carbocycles. The second-order valence-electron chi connectivity index (χ2n) is 2.82. The van der Waals surface area contributed by atoms with Crippen LogP contribution in [0, 0.1) is 11.3 Å². The predicted molar refractivity (Wildman–Crippen MR) is 62.7 cm³/mol. The average Bonchev–Trinajstić information content (AvgIpc) is 2.63. The molecule has 0 atom stereocenters. The van der Waals surface area contributed by atoms with Gasteiger partial charge in [0.25, 0.3) is 0 Å². The third-order valence-electron chi connectivity index (χ3n) is 2.06. The molecular formula is C10H8N2S2.